The maximum absolute atomic E-state index is 9.91. The van der Waals surface area contributed by atoms with Crippen LogP contribution in [0.3, 0.4) is 0 Å². The van der Waals surface area contributed by atoms with Crippen molar-refractivity contribution in [1.82, 2.24) is 0 Å². The van der Waals surface area contributed by atoms with E-state index in [-0.39, 0.29) is 17.6 Å². The van der Waals surface area contributed by atoms with Crippen LogP contribution in [-0.4, -0.2) is 22.4 Å². The Labute approximate surface area is 73.6 Å². The first kappa shape index (κ1) is 8.52. The fraction of sp³-hybridized carbons (Fsp3) is 1.00. The first-order valence-corrected chi connectivity index (χ1v) is 4.76. The molecule has 0 amide bonds. The van der Waals surface area contributed by atoms with E-state index in [2.05, 4.69) is 13.8 Å². The van der Waals surface area contributed by atoms with E-state index in [1.165, 1.54) is 0 Å². The lowest BCUT2D eigenvalue weighted by Gasteiger charge is -2.46. The molecule has 0 aromatic carbocycles. The molecule has 0 saturated heterocycles. The van der Waals surface area contributed by atoms with Crippen molar-refractivity contribution in [3.05, 3.63) is 0 Å². The van der Waals surface area contributed by atoms with Crippen molar-refractivity contribution in [2.45, 2.75) is 45.1 Å². The van der Waals surface area contributed by atoms with Gasteiger partial charge in [0, 0.05) is 6.61 Å². The van der Waals surface area contributed by atoms with E-state index in [4.69, 9.17) is 5.11 Å². The Bertz CT molecular complexity index is 206. The van der Waals surface area contributed by atoms with Crippen molar-refractivity contribution in [3.63, 3.8) is 0 Å². The number of hydrogen-bond acceptors (Lipinski definition) is 2. The largest absolute Gasteiger partial charge is 0.396 e. The van der Waals surface area contributed by atoms with Gasteiger partial charge in [0.2, 0.25) is 0 Å². The Morgan fingerprint density at radius 1 is 1.17 bits per heavy atom. The first-order valence-electron chi connectivity index (χ1n) is 4.76. The molecule has 1 atom stereocenters. The molecule has 0 aromatic rings. The van der Waals surface area contributed by atoms with Gasteiger partial charge in [0.1, 0.15) is 0 Å². The van der Waals surface area contributed by atoms with Crippen molar-refractivity contribution < 1.29 is 10.2 Å². The Hall–Kier alpha value is -0.0800. The Morgan fingerprint density at radius 2 is 1.75 bits per heavy atom. The third kappa shape index (κ3) is 0.826. The maximum atomic E-state index is 9.91. The van der Waals surface area contributed by atoms with Crippen LogP contribution in [0.4, 0.5) is 0 Å². The Morgan fingerprint density at radius 3 is 2.08 bits per heavy atom. The summed E-state index contributed by atoms with van der Waals surface area (Å²) in [5, 5.41) is 18.9. The third-order valence-electron chi connectivity index (χ3n) is 4.28. The van der Waals surface area contributed by atoms with Crippen LogP contribution >= 0.6 is 0 Å². The van der Waals surface area contributed by atoms with E-state index >= 15 is 0 Å². The van der Waals surface area contributed by atoms with E-state index < -0.39 is 0 Å². The minimum Gasteiger partial charge on any atom is -0.396 e. The SMILES string of the molecule is CC1(CCO)CC2(O)CC1(C)C2. The van der Waals surface area contributed by atoms with Crippen molar-refractivity contribution in [2.75, 3.05) is 6.61 Å². The molecule has 70 valence electrons. The predicted octanol–water partition coefficient (Wildman–Crippen LogP) is 1.31. The van der Waals surface area contributed by atoms with Crippen LogP contribution < -0.4 is 0 Å². The highest BCUT2D eigenvalue weighted by molar-refractivity contribution is 5.18. The Balaban J connectivity index is 2.19. The van der Waals surface area contributed by atoms with Gasteiger partial charge in [-0.3, -0.25) is 0 Å². The topological polar surface area (TPSA) is 40.5 Å². The number of fused-ring (bicyclic) bond motifs is 1. The molecule has 2 nitrogen and oxygen atoms in total. The normalized spacial score (nSPS) is 57.0. The second-order valence-corrected chi connectivity index (χ2v) is 5.35. The number of aliphatic hydroxyl groups is 2. The highest BCUT2D eigenvalue weighted by Gasteiger charge is 2.68. The minimum atomic E-state index is -0.376. The van der Waals surface area contributed by atoms with Gasteiger partial charge in [0.25, 0.3) is 0 Å². The van der Waals surface area contributed by atoms with E-state index in [0.29, 0.717) is 5.41 Å². The standard InChI is InChI=1S/C10H18O2/c1-8(3-4-11)5-10(12)6-9(8,2)7-10/h11-12H,3-7H2,1-2H3. The van der Waals surface area contributed by atoms with Crippen LogP contribution in [0, 0.1) is 10.8 Å². The molecule has 3 fully saturated rings. The molecule has 0 spiro atoms. The summed E-state index contributed by atoms with van der Waals surface area (Å²) in [6.45, 7) is 4.69. The van der Waals surface area contributed by atoms with Crippen LogP contribution in [0.25, 0.3) is 0 Å². The summed E-state index contributed by atoms with van der Waals surface area (Å²) in [7, 11) is 0. The molecule has 3 saturated carbocycles. The summed E-state index contributed by atoms with van der Waals surface area (Å²) < 4.78 is 0. The molecule has 1 unspecified atom stereocenters. The van der Waals surface area contributed by atoms with Crippen LogP contribution in [0.2, 0.25) is 0 Å². The number of aliphatic hydroxyl groups excluding tert-OH is 1. The molecule has 0 heterocycles. The van der Waals surface area contributed by atoms with Crippen LogP contribution in [-0.2, 0) is 0 Å². The smallest absolute Gasteiger partial charge is 0.0664 e. The van der Waals surface area contributed by atoms with Crippen LogP contribution in [0.1, 0.15) is 39.5 Å². The summed E-state index contributed by atoms with van der Waals surface area (Å²) in [6, 6.07) is 0. The van der Waals surface area contributed by atoms with Crippen LogP contribution in [0.5, 0.6) is 0 Å². The molecule has 3 rings (SSSR count). The highest BCUT2D eigenvalue weighted by Crippen LogP contribution is 2.71. The maximum Gasteiger partial charge on any atom is 0.0664 e. The van der Waals surface area contributed by atoms with Crippen LogP contribution in [0.15, 0.2) is 0 Å². The summed E-state index contributed by atoms with van der Waals surface area (Å²) >= 11 is 0. The van der Waals surface area contributed by atoms with E-state index in [9.17, 15) is 5.11 Å². The van der Waals surface area contributed by atoms with Gasteiger partial charge in [-0.15, -0.1) is 0 Å². The van der Waals surface area contributed by atoms with Gasteiger partial charge in [0.05, 0.1) is 5.60 Å². The zero-order valence-electron chi connectivity index (χ0n) is 7.93. The van der Waals surface area contributed by atoms with Crippen molar-refractivity contribution in [1.29, 1.82) is 0 Å². The molecule has 12 heavy (non-hydrogen) atoms. The average molecular weight is 170 g/mol. The third-order valence-corrected chi connectivity index (χ3v) is 4.28. The fourth-order valence-corrected chi connectivity index (χ4v) is 3.53. The zero-order chi connectivity index (χ0) is 9.04. The van der Waals surface area contributed by atoms with Gasteiger partial charge >= 0.3 is 0 Å². The van der Waals surface area contributed by atoms with Gasteiger partial charge in [0.15, 0.2) is 0 Å². The second-order valence-electron chi connectivity index (χ2n) is 5.35. The van der Waals surface area contributed by atoms with Gasteiger partial charge in [-0.2, -0.15) is 0 Å². The summed E-state index contributed by atoms with van der Waals surface area (Å²) in [6.07, 6.45) is 3.61. The minimum absolute atomic E-state index is 0.177. The molecule has 0 aromatic heterocycles. The quantitative estimate of drug-likeness (QED) is 0.656. The summed E-state index contributed by atoms with van der Waals surface area (Å²) in [4.78, 5) is 0. The fourth-order valence-electron chi connectivity index (χ4n) is 3.53. The molecule has 2 bridgehead atoms. The molecule has 2 heteroatoms. The second kappa shape index (κ2) is 2.05. The van der Waals surface area contributed by atoms with E-state index in [1.807, 2.05) is 0 Å². The lowest BCUT2D eigenvalue weighted by molar-refractivity contribution is -0.0716. The molecule has 2 N–H and O–H groups in total. The van der Waals surface area contributed by atoms with Crippen molar-refractivity contribution >= 4 is 0 Å². The Kier molecular flexibility index (Phi) is 1.45. The average Bonchev–Trinajstić information content (AvgIpc) is 2.10. The van der Waals surface area contributed by atoms with E-state index in [1.54, 1.807) is 0 Å². The zero-order valence-corrected chi connectivity index (χ0v) is 7.93. The molecule has 3 aliphatic rings. The van der Waals surface area contributed by atoms with Crippen molar-refractivity contribution in [3.8, 4) is 0 Å². The first-order chi connectivity index (χ1) is 5.43. The lowest BCUT2D eigenvalue weighted by atomic mass is 9.60. The number of hydrogen-bond donors (Lipinski definition) is 2. The van der Waals surface area contributed by atoms with Gasteiger partial charge < -0.3 is 10.2 Å². The van der Waals surface area contributed by atoms with Crippen molar-refractivity contribution in [2.24, 2.45) is 10.8 Å². The number of rotatable bonds is 2. The molecular formula is C10H18O2. The molecular weight excluding hydrogens is 152 g/mol. The van der Waals surface area contributed by atoms with E-state index in [0.717, 1.165) is 25.7 Å². The summed E-state index contributed by atoms with van der Waals surface area (Å²) in [5.74, 6) is 0. The highest BCUT2D eigenvalue weighted by atomic mass is 16.3. The monoisotopic (exact) mass is 170 g/mol. The predicted molar refractivity (Wildman–Crippen MR) is 46.7 cm³/mol. The molecule has 3 aliphatic carbocycles. The van der Waals surface area contributed by atoms with Gasteiger partial charge in [-0.1, -0.05) is 13.8 Å². The summed E-state index contributed by atoms with van der Waals surface area (Å²) in [5.41, 5.74) is 0.0969. The van der Waals surface area contributed by atoms with Gasteiger partial charge in [-0.25, -0.2) is 0 Å². The molecule has 0 aliphatic heterocycles. The van der Waals surface area contributed by atoms with Gasteiger partial charge in [-0.05, 0) is 36.5 Å². The molecule has 0 radical (unpaired) electrons. The lowest BCUT2D eigenvalue weighted by Crippen LogP contribution is -2.43.